The molecule has 6 nitrogen and oxygen atoms in total. The number of aryl methyl sites for hydroxylation is 1. The van der Waals surface area contributed by atoms with E-state index in [1.807, 2.05) is 20.8 Å². The minimum Gasteiger partial charge on any atom is -0.444 e. The summed E-state index contributed by atoms with van der Waals surface area (Å²) in [5.41, 5.74) is 1.98. The van der Waals surface area contributed by atoms with E-state index in [4.69, 9.17) is 4.74 Å². The molecule has 0 spiro atoms. The summed E-state index contributed by atoms with van der Waals surface area (Å²) in [5, 5.41) is 5.76. The number of rotatable bonds is 8. The Hall–Kier alpha value is -2.08. The summed E-state index contributed by atoms with van der Waals surface area (Å²) in [6, 6.07) is 8.79. The van der Waals surface area contributed by atoms with E-state index in [1.165, 1.54) is 24.0 Å². The molecule has 0 bridgehead atoms. The Kier molecular flexibility index (Phi) is 8.30. The van der Waals surface area contributed by atoms with Crippen LogP contribution in [0.4, 0.5) is 4.79 Å². The van der Waals surface area contributed by atoms with Crippen LogP contribution in [0, 0.1) is 6.92 Å². The van der Waals surface area contributed by atoms with Crippen LogP contribution < -0.4 is 10.6 Å². The van der Waals surface area contributed by atoms with E-state index in [0.29, 0.717) is 25.9 Å². The average Bonchev–Trinajstić information content (AvgIpc) is 3.13. The van der Waals surface area contributed by atoms with Gasteiger partial charge < -0.3 is 15.4 Å². The first kappa shape index (κ1) is 22.2. The van der Waals surface area contributed by atoms with Gasteiger partial charge in [-0.1, -0.05) is 29.8 Å². The second kappa shape index (κ2) is 10.5. The smallest absolute Gasteiger partial charge is 0.407 e. The Labute approximate surface area is 169 Å². The van der Waals surface area contributed by atoms with Gasteiger partial charge in [-0.3, -0.25) is 9.69 Å². The minimum atomic E-state index is -0.512. The molecular formula is C22H35N3O3. The van der Waals surface area contributed by atoms with Gasteiger partial charge in [0.25, 0.3) is 0 Å². The molecule has 1 aromatic carbocycles. The van der Waals surface area contributed by atoms with Gasteiger partial charge >= 0.3 is 6.09 Å². The van der Waals surface area contributed by atoms with Crippen molar-refractivity contribution >= 4 is 12.0 Å². The topological polar surface area (TPSA) is 70.7 Å². The number of benzene rings is 1. The summed E-state index contributed by atoms with van der Waals surface area (Å²) in [5.74, 6) is 0.0160. The molecule has 1 heterocycles. The van der Waals surface area contributed by atoms with Crippen molar-refractivity contribution in [3.63, 3.8) is 0 Å². The number of hydrogen-bond acceptors (Lipinski definition) is 4. The van der Waals surface area contributed by atoms with Crippen molar-refractivity contribution in [2.45, 2.75) is 65.0 Å². The van der Waals surface area contributed by atoms with Crippen molar-refractivity contribution in [2.24, 2.45) is 0 Å². The Morgan fingerprint density at radius 3 is 2.36 bits per heavy atom. The van der Waals surface area contributed by atoms with Crippen LogP contribution in [0.3, 0.4) is 0 Å². The predicted molar refractivity (Wildman–Crippen MR) is 111 cm³/mol. The van der Waals surface area contributed by atoms with Crippen LogP contribution in [0.1, 0.15) is 63.6 Å². The summed E-state index contributed by atoms with van der Waals surface area (Å²) < 4.78 is 5.18. The van der Waals surface area contributed by atoms with Gasteiger partial charge in [0.15, 0.2) is 0 Å². The van der Waals surface area contributed by atoms with E-state index >= 15 is 0 Å². The summed E-state index contributed by atoms with van der Waals surface area (Å²) in [6.07, 6.45) is 2.96. The summed E-state index contributed by atoms with van der Waals surface area (Å²) in [6.45, 7) is 10.8. The van der Waals surface area contributed by atoms with Crippen LogP contribution in [0.15, 0.2) is 24.3 Å². The Bertz CT molecular complexity index is 631. The standard InChI is InChI=1S/C22H35N3O3/c1-17-9-11-18(12-10-17)19(25-14-5-6-15-25)16-24-20(26)8-7-13-23-21(27)28-22(2,3)4/h9-12,19H,5-8,13-16H2,1-4H3,(H,23,27)(H,24,26). The Balaban J connectivity index is 1.75. The molecule has 1 unspecified atom stereocenters. The molecule has 1 saturated heterocycles. The zero-order valence-corrected chi connectivity index (χ0v) is 17.7. The number of hydrogen-bond donors (Lipinski definition) is 2. The summed E-state index contributed by atoms with van der Waals surface area (Å²) in [7, 11) is 0. The molecular weight excluding hydrogens is 354 g/mol. The highest BCUT2D eigenvalue weighted by Gasteiger charge is 2.23. The van der Waals surface area contributed by atoms with Crippen LogP contribution in [0.5, 0.6) is 0 Å². The SMILES string of the molecule is Cc1ccc(C(CNC(=O)CCCNC(=O)OC(C)(C)C)N2CCCC2)cc1. The molecule has 2 N–H and O–H groups in total. The number of alkyl carbamates (subject to hydrolysis) is 1. The lowest BCUT2D eigenvalue weighted by molar-refractivity contribution is -0.121. The second-order valence-corrected chi connectivity index (χ2v) is 8.51. The van der Waals surface area contributed by atoms with Gasteiger partial charge in [-0.05, 0) is 65.6 Å². The molecule has 156 valence electrons. The molecule has 6 heteroatoms. The Morgan fingerprint density at radius 1 is 1.11 bits per heavy atom. The number of carbonyl (C=O) groups excluding carboxylic acids is 2. The molecule has 0 aliphatic carbocycles. The fraction of sp³-hybridized carbons (Fsp3) is 0.636. The van der Waals surface area contributed by atoms with Crippen molar-refractivity contribution in [3.05, 3.63) is 35.4 Å². The number of nitrogens with zero attached hydrogens (tertiary/aromatic N) is 1. The molecule has 2 amide bonds. The molecule has 2 rings (SSSR count). The van der Waals surface area contributed by atoms with E-state index in [0.717, 1.165) is 13.1 Å². The molecule has 1 atom stereocenters. The first-order valence-corrected chi connectivity index (χ1v) is 10.3. The van der Waals surface area contributed by atoms with Crippen LogP contribution in [0.25, 0.3) is 0 Å². The lowest BCUT2D eigenvalue weighted by Crippen LogP contribution is -2.37. The maximum Gasteiger partial charge on any atom is 0.407 e. The zero-order valence-electron chi connectivity index (χ0n) is 17.7. The molecule has 1 aliphatic rings. The maximum absolute atomic E-state index is 12.2. The van der Waals surface area contributed by atoms with Crippen molar-refractivity contribution in [3.8, 4) is 0 Å². The molecule has 0 saturated carbocycles. The molecule has 0 aromatic heterocycles. The second-order valence-electron chi connectivity index (χ2n) is 8.51. The number of likely N-dealkylation sites (tertiary alicyclic amines) is 1. The van der Waals surface area contributed by atoms with E-state index in [1.54, 1.807) is 0 Å². The molecule has 1 aromatic rings. The third-order valence-corrected chi connectivity index (χ3v) is 4.78. The summed E-state index contributed by atoms with van der Waals surface area (Å²) in [4.78, 5) is 26.3. The van der Waals surface area contributed by atoms with Gasteiger partial charge in [0.2, 0.25) is 5.91 Å². The minimum absolute atomic E-state index is 0.0160. The summed E-state index contributed by atoms with van der Waals surface area (Å²) >= 11 is 0. The van der Waals surface area contributed by atoms with Gasteiger partial charge in [0.05, 0.1) is 6.04 Å². The lowest BCUT2D eigenvalue weighted by Gasteiger charge is -2.28. The third kappa shape index (κ3) is 7.89. The fourth-order valence-corrected chi connectivity index (χ4v) is 3.35. The van der Waals surface area contributed by atoms with Gasteiger partial charge in [0.1, 0.15) is 5.60 Å². The van der Waals surface area contributed by atoms with Crippen LogP contribution in [0.2, 0.25) is 0 Å². The molecule has 0 radical (unpaired) electrons. The van der Waals surface area contributed by atoms with Crippen molar-refractivity contribution in [1.29, 1.82) is 0 Å². The van der Waals surface area contributed by atoms with Gasteiger partial charge in [-0.2, -0.15) is 0 Å². The third-order valence-electron chi connectivity index (χ3n) is 4.78. The Morgan fingerprint density at radius 2 is 1.75 bits per heavy atom. The number of amides is 2. The first-order chi connectivity index (χ1) is 13.2. The van der Waals surface area contributed by atoms with Gasteiger partial charge in [-0.25, -0.2) is 4.79 Å². The van der Waals surface area contributed by atoms with E-state index in [2.05, 4.69) is 46.7 Å². The van der Waals surface area contributed by atoms with E-state index < -0.39 is 11.7 Å². The van der Waals surface area contributed by atoms with Crippen LogP contribution >= 0.6 is 0 Å². The first-order valence-electron chi connectivity index (χ1n) is 10.3. The molecule has 28 heavy (non-hydrogen) atoms. The largest absolute Gasteiger partial charge is 0.444 e. The fourth-order valence-electron chi connectivity index (χ4n) is 3.35. The predicted octanol–water partition coefficient (Wildman–Crippen LogP) is 3.55. The van der Waals surface area contributed by atoms with Crippen molar-refractivity contribution in [1.82, 2.24) is 15.5 Å². The molecule has 1 aliphatic heterocycles. The lowest BCUT2D eigenvalue weighted by atomic mass is 10.0. The zero-order chi connectivity index (χ0) is 20.6. The normalized spacial score (nSPS) is 15.9. The van der Waals surface area contributed by atoms with Gasteiger partial charge in [0, 0.05) is 19.5 Å². The number of ether oxygens (including phenoxy) is 1. The van der Waals surface area contributed by atoms with Crippen molar-refractivity contribution in [2.75, 3.05) is 26.2 Å². The molecule has 1 fully saturated rings. The van der Waals surface area contributed by atoms with E-state index in [-0.39, 0.29) is 11.9 Å². The average molecular weight is 390 g/mol. The monoisotopic (exact) mass is 389 g/mol. The highest BCUT2D eigenvalue weighted by molar-refractivity contribution is 5.76. The van der Waals surface area contributed by atoms with Crippen LogP contribution in [-0.4, -0.2) is 48.7 Å². The van der Waals surface area contributed by atoms with Crippen LogP contribution in [-0.2, 0) is 9.53 Å². The van der Waals surface area contributed by atoms with Gasteiger partial charge in [-0.15, -0.1) is 0 Å². The number of nitrogens with one attached hydrogen (secondary N) is 2. The maximum atomic E-state index is 12.2. The van der Waals surface area contributed by atoms with Crippen molar-refractivity contribution < 1.29 is 14.3 Å². The highest BCUT2D eigenvalue weighted by atomic mass is 16.6. The van der Waals surface area contributed by atoms with E-state index in [9.17, 15) is 9.59 Å². The highest BCUT2D eigenvalue weighted by Crippen LogP contribution is 2.25. The quantitative estimate of drug-likeness (QED) is 0.667. The number of carbonyl (C=O) groups is 2.